The molecule has 1 aromatic heterocycles. The molecular formula is C12H14ClF3N2O. The smallest absolute Gasteiger partial charge is 0.380 e. The molecule has 0 atom stereocenters. The Labute approximate surface area is 114 Å². The van der Waals surface area contributed by atoms with Crippen LogP contribution in [0.3, 0.4) is 0 Å². The van der Waals surface area contributed by atoms with Crippen LogP contribution in [0.15, 0.2) is 18.3 Å². The topological polar surface area (TPSA) is 36.4 Å². The van der Waals surface area contributed by atoms with E-state index in [0.717, 1.165) is 5.56 Å². The number of piperidine rings is 1. The zero-order valence-corrected chi connectivity index (χ0v) is 10.9. The summed E-state index contributed by atoms with van der Waals surface area (Å²) in [6.07, 6.45) is -3.63. The molecule has 0 amide bonds. The summed E-state index contributed by atoms with van der Waals surface area (Å²) in [6, 6.07) is 3.52. The third-order valence-corrected chi connectivity index (χ3v) is 3.78. The van der Waals surface area contributed by atoms with Gasteiger partial charge < -0.3 is 5.11 Å². The van der Waals surface area contributed by atoms with E-state index in [1.54, 1.807) is 18.3 Å². The molecule has 1 N–H and O–H groups in total. The van der Waals surface area contributed by atoms with Gasteiger partial charge in [0.25, 0.3) is 0 Å². The SMILES string of the molecule is OC1(C(F)(F)F)CCN(Cc2cccnc2Cl)CC1. The van der Waals surface area contributed by atoms with Crippen LogP contribution in [0.25, 0.3) is 0 Å². The second kappa shape index (κ2) is 5.26. The summed E-state index contributed by atoms with van der Waals surface area (Å²) in [5.74, 6) is 0. The lowest BCUT2D eigenvalue weighted by Crippen LogP contribution is -2.53. The first-order chi connectivity index (χ1) is 8.82. The molecule has 1 fully saturated rings. The molecule has 0 saturated carbocycles. The van der Waals surface area contributed by atoms with Crippen LogP contribution in [-0.2, 0) is 6.54 Å². The molecule has 1 aliphatic rings. The summed E-state index contributed by atoms with van der Waals surface area (Å²) < 4.78 is 37.9. The van der Waals surface area contributed by atoms with Crippen molar-refractivity contribution < 1.29 is 18.3 Å². The standard InChI is InChI=1S/C12H14ClF3N2O/c13-10-9(2-1-5-17-10)8-18-6-3-11(19,4-7-18)12(14,15)16/h1-2,5,19H,3-4,6-8H2. The average molecular weight is 295 g/mol. The summed E-state index contributed by atoms with van der Waals surface area (Å²) in [6.45, 7) is 0.809. The van der Waals surface area contributed by atoms with Crippen molar-refractivity contribution in [1.82, 2.24) is 9.88 Å². The van der Waals surface area contributed by atoms with E-state index in [-0.39, 0.29) is 25.9 Å². The van der Waals surface area contributed by atoms with Gasteiger partial charge >= 0.3 is 6.18 Å². The van der Waals surface area contributed by atoms with Gasteiger partial charge in [0.05, 0.1) is 0 Å². The molecule has 0 unspecified atom stereocenters. The maximum Gasteiger partial charge on any atom is 0.417 e. The minimum atomic E-state index is -4.56. The summed E-state index contributed by atoms with van der Waals surface area (Å²) in [5.41, 5.74) is -1.77. The lowest BCUT2D eigenvalue weighted by molar-refractivity contribution is -0.272. The number of aliphatic hydroxyl groups is 1. The van der Waals surface area contributed by atoms with Crippen LogP contribution in [0, 0.1) is 0 Å². The Morgan fingerprint density at radius 3 is 2.53 bits per heavy atom. The summed E-state index contributed by atoms with van der Waals surface area (Å²) in [4.78, 5) is 5.76. The number of halogens is 4. The first-order valence-electron chi connectivity index (χ1n) is 5.93. The Balaban J connectivity index is 1.96. The second-order valence-corrected chi connectivity index (χ2v) is 5.12. The van der Waals surface area contributed by atoms with Crippen molar-refractivity contribution >= 4 is 11.6 Å². The third-order valence-electron chi connectivity index (χ3n) is 3.44. The quantitative estimate of drug-likeness (QED) is 0.852. The maximum atomic E-state index is 12.6. The highest BCUT2D eigenvalue weighted by molar-refractivity contribution is 6.30. The van der Waals surface area contributed by atoms with E-state index in [2.05, 4.69) is 4.98 Å². The molecule has 1 aromatic rings. The summed E-state index contributed by atoms with van der Waals surface area (Å²) in [5, 5.41) is 9.92. The number of rotatable bonds is 2. The zero-order valence-electron chi connectivity index (χ0n) is 10.1. The molecule has 1 saturated heterocycles. The van der Waals surface area contributed by atoms with Crippen LogP contribution in [-0.4, -0.2) is 39.9 Å². The summed E-state index contributed by atoms with van der Waals surface area (Å²) in [7, 11) is 0. The fraction of sp³-hybridized carbons (Fsp3) is 0.583. The van der Waals surface area contributed by atoms with Crippen molar-refractivity contribution in [2.24, 2.45) is 0 Å². The molecule has 2 heterocycles. The van der Waals surface area contributed by atoms with Gasteiger partial charge in [0.1, 0.15) is 5.15 Å². The van der Waals surface area contributed by atoms with Gasteiger partial charge in [0, 0.05) is 31.4 Å². The molecule has 19 heavy (non-hydrogen) atoms. The van der Waals surface area contributed by atoms with E-state index >= 15 is 0 Å². The number of likely N-dealkylation sites (tertiary alicyclic amines) is 1. The predicted octanol–water partition coefficient (Wildman–Crippen LogP) is 2.62. The normalized spacial score (nSPS) is 20.5. The van der Waals surface area contributed by atoms with E-state index < -0.39 is 11.8 Å². The van der Waals surface area contributed by atoms with Crippen LogP contribution in [0.4, 0.5) is 13.2 Å². The second-order valence-electron chi connectivity index (χ2n) is 4.76. The van der Waals surface area contributed by atoms with Crippen molar-refractivity contribution in [2.45, 2.75) is 31.2 Å². The molecule has 106 valence electrons. The number of pyridine rings is 1. The highest BCUT2D eigenvalue weighted by Crippen LogP contribution is 2.38. The van der Waals surface area contributed by atoms with Crippen molar-refractivity contribution in [3.63, 3.8) is 0 Å². The molecule has 0 aliphatic carbocycles. The van der Waals surface area contributed by atoms with Crippen LogP contribution in [0.1, 0.15) is 18.4 Å². The van der Waals surface area contributed by atoms with E-state index in [0.29, 0.717) is 11.7 Å². The van der Waals surface area contributed by atoms with E-state index in [4.69, 9.17) is 11.6 Å². The fourth-order valence-electron chi connectivity index (χ4n) is 2.14. The maximum absolute atomic E-state index is 12.6. The molecule has 0 radical (unpaired) electrons. The Hall–Kier alpha value is -0.850. The van der Waals surface area contributed by atoms with Gasteiger partial charge in [-0.2, -0.15) is 13.2 Å². The monoisotopic (exact) mass is 294 g/mol. The first kappa shape index (κ1) is 14.6. The van der Waals surface area contributed by atoms with Gasteiger partial charge in [0.2, 0.25) is 0 Å². The van der Waals surface area contributed by atoms with Gasteiger partial charge in [0.15, 0.2) is 5.60 Å². The number of hydrogen-bond donors (Lipinski definition) is 1. The zero-order chi connectivity index (χ0) is 14.1. The molecule has 1 aliphatic heterocycles. The first-order valence-corrected chi connectivity index (χ1v) is 6.30. The average Bonchev–Trinajstić information content (AvgIpc) is 2.34. The Morgan fingerprint density at radius 1 is 1.37 bits per heavy atom. The highest BCUT2D eigenvalue weighted by Gasteiger charge is 2.54. The Morgan fingerprint density at radius 2 is 2.00 bits per heavy atom. The molecule has 7 heteroatoms. The summed E-state index contributed by atoms with van der Waals surface area (Å²) >= 11 is 5.90. The van der Waals surface area contributed by atoms with Crippen LogP contribution in [0.2, 0.25) is 5.15 Å². The lowest BCUT2D eigenvalue weighted by Gasteiger charge is -2.39. The van der Waals surface area contributed by atoms with Crippen molar-refractivity contribution in [3.8, 4) is 0 Å². The van der Waals surface area contributed by atoms with Crippen molar-refractivity contribution in [3.05, 3.63) is 29.0 Å². The lowest BCUT2D eigenvalue weighted by atomic mass is 9.90. The molecule has 0 aromatic carbocycles. The van der Waals surface area contributed by atoms with Crippen LogP contribution >= 0.6 is 11.6 Å². The van der Waals surface area contributed by atoms with Crippen LogP contribution in [0.5, 0.6) is 0 Å². The fourth-order valence-corrected chi connectivity index (χ4v) is 2.32. The van der Waals surface area contributed by atoms with Gasteiger partial charge in [-0.05, 0) is 18.9 Å². The predicted molar refractivity (Wildman–Crippen MR) is 64.8 cm³/mol. The third kappa shape index (κ3) is 3.19. The minimum Gasteiger partial charge on any atom is -0.380 e. The van der Waals surface area contributed by atoms with Crippen molar-refractivity contribution in [2.75, 3.05) is 13.1 Å². The molecular weight excluding hydrogens is 281 g/mol. The largest absolute Gasteiger partial charge is 0.417 e. The van der Waals surface area contributed by atoms with Gasteiger partial charge in [-0.25, -0.2) is 4.98 Å². The van der Waals surface area contributed by atoms with E-state index in [9.17, 15) is 18.3 Å². The Bertz CT molecular complexity index is 445. The number of nitrogens with zero attached hydrogens (tertiary/aromatic N) is 2. The van der Waals surface area contributed by atoms with Crippen LogP contribution < -0.4 is 0 Å². The number of alkyl halides is 3. The minimum absolute atomic E-state index is 0.182. The van der Waals surface area contributed by atoms with Gasteiger partial charge in [-0.3, -0.25) is 4.90 Å². The molecule has 2 rings (SSSR count). The molecule has 0 bridgehead atoms. The van der Waals surface area contributed by atoms with Gasteiger partial charge in [-0.15, -0.1) is 0 Å². The molecule has 0 spiro atoms. The Kier molecular flexibility index (Phi) is 4.03. The number of aromatic nitrogens is 1. The van der Waals surface area contributed by atoms with Crippen molar-refractivity contribution in [1.29, 1.82) is 0 Å². The number of hydrogen-bond acceptors (Lipinski definition) is 3. The molecule has 3 nitrogen and oxygen atoms in total. The van der Waals surface area contributed by atoms with Gasteiger partial charge in [-0.1, -0.05) is 17.7 Å². The highest BCUT2D eigenvalue weighted by atomic mass is 35.5. The van der Waals surface area contributed by atoms with E-state index in [1.165, 1.54) is 0 Å². The van der Waals surface area contributed by atoms with E-state index in [1.807, 2.05) is 4.90 Å².